The van der Waals surface area contributed by atoms with Crippen LogP contribution in [0, 0.1) is 11.7 Å². The molecule has 1 fully saturated rings. The van der Waals surface area contributed by atoms with Crippen LogP contribution in [0.3, 0.4) is 0 Å². The Kier molecular flexibility index (Phi) is 5.26. The molecular weight excluding hydrogens is 257 g/mol. The average molecular weight is 279 g/mol. The molecule has 0 aliphatic carbocycles. The second kappa shape index (κ2) is 6.95. The Morgan fingerprint density at radius 1 is 1.35 bits per heavy atom. The van der Waals surface area contributed by atoms with E-state index >= 15 is 0 Å². The number of benzene rings is 1. The van der Waals surface area contributed by atoms with Crippen molar-refractivity contribution in [2.24, 2.45) is 5.92 Å². The van der Waals surface area contributed by atoms with Crippen LogP contribution in [0.25, 0.3) is 0 Å². The molecule has 1 aliphatic heterocycles. The molecule has 0 radical (unpaired) electrons. The molecule has 0 bridgehead atoms. The second-order valence-corrected chi connectivity index (χ2v) is 5.60. The molecule has 1 atom stereocenters. The molecule has 1 aromatic rings. The molecule has 2 rings (SSSR count). The maximum absolute atomic E-state index is 12.8. The Labute approximate surface area is 119 Å². The van der Waals surface area contributed by atoms with E-state index < -0.39 is 0 Å². The van der Waals surface area contributed by atoms with Crippen LogP contribution in [0.1, 0.15) is 36.5 Å². The minimum Gasteiger partial charge on any atom is -0.393 e. The summed E-state index contributed by atoms with van der Waals surface area (Å²) in [5.41, 5.74) is 0.574. The fourth-order valence-corrected chi connectivity index (χ4v) is 2.70. The van der Waals surface area contributed by atoms with Crippen molar-refractivity contribution < 1.29 is 14.3 Å². The van der Waals surface area contributed by atoms with Crippen LogP contribution in [-0.4, -0.2) is 41.5 Å². The number of nitrogens with zero attached hydrogens (tertiary/aromatic N) is 1. The summed E-state index contributed by atoms with van der Waals surface area (Å²) >= 11 is 0. The summed E-state index contributed by atoms with van der Waals surface area (Å²) in [7, 11) is 0. The number of carbonyl (C=O) groups excluding carboxylic acids is 1. The van der Waals surface area contributed by atoms with Crippen molar-refractivity contribution in [3.8, 4) is 0 Å². The van der Waals surface area contributed by atoms with Gasteiger partial charge in [0.2, 0.25) is 0 Å². The van der Waals surface area contributed by atoms with Crippen LogP contribution in [-0.2, 0) is 0 Å². The van der Waals surface area contributed by atoms with Crippen LogP contribution >= 0.6 is 0 Å². The van der Waals surface area contributed by atoms with Gasteiger partial charge in [-0.05, 0) is 63.0 Å². The molecule has 0 saturated carbocycles. The van der Waals surface area contributed by atoms with E-state index in [0.29, 0.717) is 17.9 Å². The molecule has 1 aromatic carbocycles. The fraction of sp³-hybridized carbons (Fsp3) is 0.562. The number of piperidine rings is 1. The first-order valence-corrected chi connectivity index (χ1v) is 7.25. The van der Waals surface area contributed by atoms with Gasteiger partial charge < -0.3 is 10.0 Å². The molecule has 1 aliphatic rings. The lowest BCUT2D eigenvalue weighted by Gasteiger charge is -2.33. The van der Waals surface area contributed by atoms with E-state index in [-0.39, 0.29) is 17.7 Å². The predicted molar refractivity (Wildman–Crippen MR) is 76.2 cm³/mol. The predicted octanol–water partition coefficient (Wildman–Crippen LogP) is 2.49. The number of halogens is 1. The molecule has 3 nitrogen and oxygen atoms in total. The monoisotopic (exact) mass is 279 g/mol. The average Bonchev–Trinajstić information content (AvgIpc) is 2.46. The summed E-state index contributed by atoms with van der Waals surface area (Å²) in [6.07, 6.45) is 2.20. The second-order valence-electron chi connectivity index (χ2n) is 5.60. The Balaban J connectivity index is 1.76. The molecule has 0 aromatic heterocycles. The van der Waals surface area contributed by atoms with Crippen molar-refractivity contribution in [3.63, 3.8) is 0 Å². The zero-order valence-corrected chi connectivity index (χ0v) is 11.9. The summed E-state index contributed by atoms with van der Waals surface area (Å²) in [5.74, 6) is 0.128. The number of carbonyl (C=O) groups is 1. The lowest BCUT2D eigenvalue weighted by Crippen LogP contribution is -2.38. The number of hydrogen-bond donors (Lipinski definition) is 1. The van der Waals surface area contributed by atoms with Gasteiger partial charge in [-0.2, -0.15) is 0 Å². The zero-order valence-electron chi connectivity index (χ0n) is 11.9. The van der Waals surface area contributed by atoms with Gasteiger partial charge in [0.1, 0.15) is 5.82 Å². The number of rotatable bonds is 5. The third-order valence-electron chi connectivity index (χ3n) is 4.14. The third-order valence-corrected chi connectivity index (χ3v) is 4.14. The first-order valence-electron chi connectivity index (χ1n) is 7.25. The summed E-state index contributed by atoms with van der Waals surface area (Å²) < 4.78 is 12.8. The molecule has 1 saturated heterocycles. The SMILES string of the molecule is CC(O)C1CCN(CCC(=O)c2ccc(F)cc2)CC1. The number of Topliss-reactive ketones (excluding diaryl/α,β-unsaturated/α-hetero) is 1. The van der Waals surface area contributed by atoms with Crippen molar-refractivity contribution in [1.82, 2.24) is 4.90 Å². The van der Waals surface area contributed by atoms with E-state index in [4.69, 9.17) is 0 Å². The van der Waals surface area contributed by atoms with Gasteiger partial charge in [0.15, 0.2) is 5.78 Å². The highest BCUT2D eigenvalue weighted by Crippen LogP contribution is 2.20. The molecule has 1 heterocycles. The van der Waals surface area contributed by atoms with E-state index in [2.05, 4.69) is 4.90 Å². The highest BCUT2D eigenvalue weighted by Gasteiger charge is 2.22. The Bertz CT molecular complexity index is 436. The summed E-state index contributed by atoms with van der Waals surface area (Å²) in [4.78, 5) is 14.2. The van der Waals surface area contributed by atoms with Crippen LogP contribution in [0.4, 0.5) is 4.39 Å². The molecule has 110 valence electrons. The first-order chi connectivity index (χ1) is 9.56. The van der Waals surface area contributed by atoms with Gasteiger partial charge in [0.05, 0.1) is 6.10 Å². The molecular formula is C16H22FNO2. The number of likely N-dealkylation sites (tertiary alicyclic amines) is 1. The van der Waals surface area contributed by atoms with E-state index in [1.165, 1.54) is 24.3 Å². The van der Waals surface area contributed by atoms with E-state index in [1.54, 1.807) is 0 Å². The van der Waals surface area contributed by atoms with Gasteiger partial charge in [0.25, 0.3) is 0 Å². The lowest BCUT2D eigenvalue weighted by molar-refractivity contribution is 0.0693. The van der Waals surface area contributed by atoms with E-state index in [9.17, 15) is 14.3 Å². The van der Waals surface area contributed by atoms with Gasteiger partial charge in [-0.3, -0.25) is 4.79 Å². The quantitative estimate of drug-likeness (QED) is 0.842. The smallest absolute Gasteiger partial charge is 0.164 e. The lowest BCUT2D eigenvalue weighted by atomic mass is 9.92. The highest BCUT2D eigenvalue weighted by molar-refractivity contribution is 5.96. The maximum atomic E-state index is 12.8. The van der Waals surface area contributed by atoms with Gasteiger partial charge in [-0.25, -0.2) is 4.39 Å². The highest BCUT2D eigenvalue weighted by atomic mass is 19.1. The topological polar surface area (TPSA) is 40.5 Å². The fourth-order valence-electron chi connectivity index (χ4n) is 2.70. The van der Waals surface area contributed by atoms with Crippen molar-refractivity contribution in [1.29, 1.82) is 0 Å². The van der Waals surface area contributed by atoms with Gasteiger partial charge >= 0.3 is 0 Å². The Morgan fingerprint density at radius 2 is 1.95 bits per heavy atom. The number of aliphatic hydroxyl groups excluding tert-OH is 1. The van der Waals surface area contributed by atoms with Crippen LogP contribution in [0.5, 0.6) is 0 Å². The van der Waals surface area contributed by atoms with Gasteiger partial charge in [-0.15, -0.1) is 0 Å². The third kappa shape index (κ3) is 4.12. The van der Waals surface area contributed by atoms with Crippen molar-refractivity contribution in [2.45, 2.75) is 32.3 Å². The largest absolute Gasteiger partial charge is 0.393 e. The normalized spacial score (nSPS) is 18.9. The first kappa shape index (κ1) is 15.1. The zero-order chi connectivity index (χ0) is 14.5. The van der Waals surface area contributed by atoms with E-state index in [1.807, 2.05) is 6.92 Å². The molecule has 0 spiro atoms. The maximum Gasteiger partial charge on any atom is 0.164 e. The van der Waals surface area contributed by atoms with Crippen molar-refractivity contribution in [2.75, 3.05) is 19.6 Å². The molecule has 1 N–H and O–H groups in total. The van der Waals surface area contributed by atoms with E-state index in [0.717, 1.165) is 32.5 Å². The molecule has 20 heavy (non-hydrogen) atoms. The summed E-state index contributed by atoms with van der Waals surface area (Å²) in [6, 6.07) is 5.72. The summed E-state index contributed by atoms with van der Waals surface area (Å²) in [6.45, 7) is 4.46. The standard InChI is InChI=1S/C16H22FNO2/c1-12(19)13-6-9-18(10-7-13)11-8-16(20)14-2-4-15(17)5-3-14/h2-5,12-13,19H,6-11H2,1H3. The van der Waals surface area contributed by atoms with Gasteiger partial charge in [-0.1, -0.05) is 0 Å². The molecule has 0 amide bonds. The number of aliphatic hydroxyl groups is 1. The molecule has 1 unspecified atom stereocenters. The number of hydrogen-bond acceptors (Lipinski definition) is 3. The minimum atomic E-state index is -0.318. The van der Waals surface area contributed by atoms with Crippen LogP contribution < -0.4 is 0 Å². The minimum absolute atomic E-state index is 0.0580. The van der Waals surface area contributed by atoms with Crippen LogP contribution in [0.2, 0.25) is 0 Å². The Hall–Kier alpha value is -1.26. The van der Waals surface area contributed by atoms with Crippen molar-refractivity contribution in [3.05, 3.63) is 35.6 Å². The van der Waals surface area contributed by atoms with Gasteiger partial charge in [0, 0.05) is 18.5 Å². The van der Waals surface area contributed by atoms with Crippen LogP contribution in [0.15, 0.2) is 24.3 Å². The molecule has 4 heteroatoms. The summed E-state index contributed by atoms with van der Waals surface area (Å²) in [5, 5.41) is 9.55. The van der Waals surface area contributed by atoms with Crippen molar-refractivity contribution >= 4 is 5.78 Å². The Morgan fingerprint density at radius 3 is 2.50 bits per heavy atom. The number of ketones is 1.